The zero-order chi connectivity index (χ0) is 17.6. The zero-order valence-corrected chi connectivity index (χ0v) is 15.1. The van der Waals surface area contributed by atoms with Crippen LogP contribution in [0.3, 0.4) is 0 Å². The molecular formula is C21H26N2O2. The molecule has 3 rings (SSSR count). The normalized spacial score (nSPS) is 15.9. The molecule has 132 valence electrons. The number of esters is 1. The molecule has 0 N–H and O–H groups in total. The Hall–Kier alpha value is -2.20. The van der Waals surface area contributed by atoms with E-state index in [1.165, 1.54) is 16.7 Å². The number of hydrogen-bond donors (Lipinski definition) is 0. The molecular weight excluding hydrogens is 312 g/mol. The third kappa shape index (κ3) is 4.45. The van der Waals surface area contributed by atoms with Gasteiger partial charge in [-0.3, -0.25) is 14.7 Å². The molecule has 1 saturated heterocycles. The summed E-state index contributed by atoms with van der Waals surface area (Å²) in [4.78, 5) is 18.7. The van der Waals surface area contributed by atoms with Crippen molar-refractivity contribution in [1.29, 1.82) is 0 Å². The molecule has 0 amide bonds. The van der Waals surface area contributed by atoms with Crippen LogP contribution in [0.15, 0.2) is 42.7 Å². The summed E-state index contributed by atoms with van der Waals surface area (Å²) < 4.78 is 5.14. The molecule has 1 aliphatic heterocycles. The zero-order valence-electron chi connectivity index (χ0n) is 15.1. The fraction of sp³-hybridized carbons (Fsp3) is 0.429. The summed E-state index contributed by atoms with van der Waals surface area (Å²) in [5, 5.41) is 0. The number of carbonyl (C=O) groups is 1. The van der Waals surface area contributed by atoms with Gasteiger partial charge in [-0.2, -0.15) is 0 Å². The van der Waals surface area contributed by atoms with Crippen molar-refractivity contribution in [3.05, 3.63) is 53.9 Å². The van der Waals surface area contributed by atoms with Crippen LogP contribution in [0.4, 0.5) is 0 Å². The molecule has 2 aromatic rings. The van der Waals surface area contributed by atoms with E-state index < -0.39 is 0 Å². The second-order valence-corrected chi connectivity index (χ2v) is 6.70. The van der Waals surface area contributed by atoms with Crippen molar-refractivity contribution in [2.45, 2.75) is 33.2 Å². The third-order valence-corrected chi connectivity index (χ3v) is 4.86. The van der Waals surface area contributed by atoms with Gasteiger partial charge in [0.2, 0.25) is 0 Å². The molecule has 0 unspecified atom stereocenters. The SMILES string of the molecule is CCOC(=O)C1CCN(Cc2cncc(-c3ccccc3C)c2)CC1. The predicted molar refractivity (Wildman–Crippen MR) is 99.0 cm³/mol. The minimum atomic E-state index is -0.0367. The van der Waals surface area contributed by atoms with E-state index in [1.54, 1.807) is 0 Å². The lowest BCUT2D eigenvalue weighted by molar-refractivity contribution is -0.149. The molecule has 0 aliphatic carbocycles. The molecule has 2 heterocycles. The summed E-state index contributed by atoms with van der Waals surface area (Å²) in [5.74, 6) is 0.0259. The lowest BCUT2D eigenvalue weighted by atomic mass is 9.96. The molecule has 1 aromatic heterocycles. The van der Waals surface area contributed by atoms with E-state index >= 15 is 0 Å². The van der Waals surface area contributed by atoms with Gasteiger partial charge in [0.15, 0.2) is 0 Å². The van der Waals surface area contributed by atoms with Crippen molar-refractivity contribution in [1.82, 2.24) is 9.88 Å². The van der Waals surface area contributed by atoms with Gasteiger partial charge in [0.05, 0.1) is 12.5 Å². The third-order valence-electron chi connectivity index (χ3n) is 4.86. The molecule has 1 aliphatic rings. The minimum absolute atomic E-state index is 0.0367. The van der Waals surface area contributed by atoms with E-state index in [4.69, 9.17) is 4.74 Å². The number of hydrogen-bond acceptors (Lipinski definition) is 4. The fourth-order valence-electron chi connectivity index (χ4n) is 3.46. The van der Waals surface area contributed by atoms with Gasteiger partial charge >= 0.3 is 5.97 Å². The number of carbonyl (C=O) groups excluding carboxylic acids is 1. The maximum absolute atomic E-state index is 11.8. The van der Waals surface area contributed by atoms with Gasteiger partial charge in [-0.1, -0.05) is 24.3 Å². The number of aryl methyl sites for hydroxylation is 1. The van der Waals surface area contributed by atoms with Crippen molar-refractivity contribution >= 4 is 5.97 Å². The highest BCUT2D eigenvalue weighted by Crippen LogP contribution is 2.25. The molecule has 0 atom stereocenters. The maximum Gasteiger partial charge on any atom is 0.309 e. The Morgan fingerprint density at radius 1 is 1.24 bits per heavy atom. The summed E-state index contributed by atoms with van der Waals surface area (Å²) in [6.07, 6.45) is 5.63. The van der Waals surface area contributed by atoms with E-state index in [0.717, 1.165) is 38.0 Å². The maximum atomic E-state index is 11.8. The van der Waals surface area contributed by atoms with E-state index in [0.29, 0.717) is 6.61 Å². The highest BCUT2D eigenvalue weighted by Gasteiger charge is 2.25. The molecule has 4 nitrogen and oxygen atoms in total. The number of rotatable bonds is 5. The van der Waals surface area contributed by atoms with Gasteiger partial charge in [-0.05, 0) is 62.5 Å². The van der Waals surface area contributed by atoms with Crippen LogP contribution in [0.25, 0.3) is 11.1 Å². The fourth-order valence-corrected chi connectivity index (χ4v) is 3.46. The van der Waals surface area contributed by atoms with Gasteiger partial charge < -0.3 is 4.74 Å². The number of benzene rings is 1. The molecule has 0 bridgehead atoms. The first-order valence-corrected chi connectivity index (χ1v) is 9.06. The number of pyridine rings is 1. The number of nitrogens with zero attached hydrogens (tertiary/aromatic N) is 2. The van der Waals surface area contributed by atoms with Crippen LogP contribution in [0.2, 0.25) is 0 Å². The molecule has 0 spiro atoms. The largest absolute Gasteiger partial charge is 0.466 e. The Morgan fingerprint density at radius 2 is 2.00 bits per heavy atom. The standard InChI is InChI=1S/C21H26N2O2/c1-3-25-21(24)18-8-10-23(11-9-18)15-17-12-19(14-22-13-17)20-7-5-4-6-16(20)2/h4-7,12-14,18H,3,8-11,15H2,1-2H3. The van der Waals surface area contributed by atoms with E-state index in [1.807, 2.05) is 19.3 Å². The second kappa shape index (κ2) is 8.26. The average molecular weight is 338 g/mol. The summed E-state index contributed by atoms with van der Waals surface area (Å²) in [5.41, 5.74) is 4.88. The van der Waals surface area contributed by atoms with Crippen molar-refractivity contribution in [2.75, 3.05) is 19.7 Å². The molecule has 0 radical (unpaired) electrons. The predicted octanol–water partition coefficient (Wildman–Crippen LogP) is 3.83. The highest BCUT2D eigenvalue weighted by molar-refractivity contribution is 5.72. The molecule has 4 heteroatoms. The van der Waals surface area contributed by atoms with Crippen LogP contribution < -0.4 is 0 Å². The van der Waals surface area contributed by atoms with Crippen LogP contribution in [0.5, 0.6) is 0 Å². The van der Waals surface area contributed by atoms with Crippen molar-refractivity contribution in [3.8, 4) is 11.1 Å². The first-order valence-electron chi connectivity index (χ1n) is 9.06. The van der Waals surface area contributed by atoms with E-state index in [2.05, 4.69) is 47.1 Å². The summed E-state index contributed by atoms with van der Waals surface area (Å²) in [6.45, 7) is 7.19. The topological polar surface area (TPSA) is 42.4 Å². The summed E-state index contributed by atoms with van der Waals surface area (Å²) >= 11 is 0. The average Bonchev–Trinajstić information content (AvgIpc) is 2.63. The minimum Gasteiger partial charge on any atom is -0.466 e. The van der Waals surface area contributed by atoms with Gasteiger partial charge in [-0.15, -0.1) is 0 Å². The number of piperidine rings is 1. The Balaban J connectivity index is 1.62. The Labute approximate surface area is 149 Å². The molecule has 1 fully saturated rings. The second-order valence-electron chi connectivity index (χ2n) is 6.70. The van der Waals surface area contributed by atoms with Crippen LogP contribution >= 0.6 is 0 Å². The Kier molecular flexibility index (Phi) is 5.82. The lowest BCUT2D eigenvalue weighted by Crippen LogP contribution is -2.36. The van der Waals surface area contributed by atoms with Crippen molar-refractivity contribution < 1.29 is 9.53 Å². The Morgan fingerprint density at radius 3 is 2.72 bits per heavy atom. The van der Waals surface area contributed by atoms with Crippen LogP contribution in [0.1, 0.15) is 30.9 Å². The first-order chi connectivity index (χ1) is 12.2. The number of aromatic nitrogens is 1. The lowest BCUT2D eigenvalue weighted by Gasteiger charge is -2.30. The van der Waals surface area contributed by atoms with Gasteiger partial charge in [0, 0.05) is 24.5 Å². The monoisotopic (exact) mass is 338 g/mol. The molecule has 0 saturated carbocycles. The first kappa shape index (κ1) is 17.6. The highest BCUT2D eigenvalue weighted by atomic mass is 16.5. The summed E-state index contributed by atoms with van der Waals surface area (Å²) in [7, 11) is 0. The van der Waals surface area contributed by atoms with Crippen LogP contribution in [-0.4, -0.2) is 35.5 Å². The van der Waals surface area contributed by atoms with Gasteiger partial charge in [0.25, 0.3) is 0 Å². The van der Waals surface area contributed by atoms with Crippen LogP contribution in [-0.2, 0) is 16.1 Å². The van der Waals surface area contributed by atoms with Gasteiger partial charge in [-0.25, -0.2) is 0 Å². The smallest absolute Gasteiger partial charge is 0.309 e. The van der Waals surface area contributed by atoms with Crippen molar-refractivity contribution in [2.24, 2.45) is 5.92 Å². The van der Waals surface area contributed by atoms with E-state index in [9.17, 15) is 4.79 Å². The van der Waals surface area contributed by atoms with E-state index in [-0.39, 0.29) is 11.9 Å². The molecule has 1 aromatic carbocycles. The Bertz CT molecular complexity index is 721. The number of likely N-dealkylation sites (tertiary alicyclic amines) is 1. The summed E-state index contributed by atoms with van der Waals surface area (Å²) in [6, 6.07) is 10.6. The quantitative estimate of drug-likeness (QED) is 0.777. The van der Waals surface area contributed by atoms with Crippen LogP contribution in [0, 0.1) is 12.8 Å². The van der Waals surface area contributed by atoms with Gasteiger partial charge in [0.1, 0.15) is 0 Å². The van der Waals surface area contributed by atoms with Crippen molar-refractivity contribution in [3.63, 3.8) is 0 Å². The number of ether oxygens (including phenoxy) is 1. The molecule has 25 heavy (non-hydrogen) atoms.